The highest BCUT2D eigenvalue weighted by molar-refractivity contribution is 7.99. The Morgan fingerprint density at radius 3 is 3.21 bits per heavy atom. The number of hydrogen-bond donors (Lipinski definition) is 1. The minimum Gasteiger partial charge on any atom is -0.374 e. The van der Waals surface area contributed by atoms with Gasteiger partial charge in [-0.2, -0.15) is 11.8 Å². The van der Waals surface area contributed by atoms with Crippen molar-refractivity contribution in [2.45, 2.75) is 12.1 Å². The Labute approximate surface area is 87.8 Å². The summed E-state index contributed by atoms with van der Waals surface area (Å²) in [5.74, 6) is 2.04. The van der Waals surface area contributed by atoms with E-state index in [1.165, 1.54) is 0 Å². The predicted molar refractivity (Wildman–Crippen MR) is 57.2 cm³/mol. The third kappa shape index (κ3) is 2.10. The molecule has 2 heterocycles. The van der Waals surface area contributed by atoms with Gasteiger partial charge >= 0.3 is 0 Å². The Morgan fingerprint density at radius 1 is 1.79 bits per heavy atom. The van der Waals surface area contributed by atoms with Crippen LogP contribution in [-0.4, -0.2) is 33.8 Å². The molecule has 0 spiro atoms. The molecule has 14 heavy (non-hydrogen) atoms. The minimum absolute atomic E-state index is 0.0935. The molecule has 5 heteroatoms. The Hall–Kier alpha value is -0.520. The van der Waals surface area contributed by atoms with E-state index >= 15 is 0 Å². The van der Waals surface area contributed by atoms with Gasteiger partial charge in [0.1, 0.15) is 0 Å². The first-order valence-corrected chi connectivity index (χ1v) is 5.85. The van der Waals surface area contributed by atoms with Gasteiger partial charge in [-0.15, -0.1) is 0 Å². The van der Waals surface area contributed by atoms with Crippen LogP contribution >= 0.6 is 11.8 Å². The van der Waals surface area contributed by atoms with Crippen molar-refractivity contribution in [2.75, 3.05) is 18.1 Å². The summed E-state index contributed by atoms with van der Waals surface area (Å²) in [6.45, 7) is 0.801. The van der Waals surface area contributed by atoms with Gasteiger partial charge in [-0.05, 0) is 0 Å². The smallest absolute Gasteiger partial charge is 0.0947 e. The number of nitrogens with zero attached hydrogens (tertiary/aromatic N) is 2. The molecule has 1 saturated heterocycles. The van der Waals surface area contributed by atoms with Crippen LogP contribution in [0.2, 0.25) is 0 Å². The summed E-state index contributed by atoms with van der Waals surface area (Å²) in [6.07, 6.45) is 3.84. The van der Waals surface area contributed by atoms with Gasteiger partial charge in [0.05, 0.1) is 30.8 Å². The Bertz CT molecular complexity index is 296. The fraction of sp³-hybridized carbons (Fsp3) is 0.667. The molecule has 1 aliphatic heterocycles. The van der Waals surface area contributed by atoms with Crippen molar-refractivity contribution in [2.24, 2.45) is 12.8 Å². The Kier molecular flexibility index (Phi) is 3.10. The van der Waals surface area contributed by atoms with Crippen LogP contribution < -0.4 is 5.73 Å². The highest BCUT2D eigenvalue weighted by Crippen LogP contribution is 2.22. The molecule has 4 nitrogen and oxygen atoms in total. The van der Waals surface area contributed by atoms with E-state index in [2.05, 4.69) is 4.98 Å². The molecule has 2 N–H and O–H groups in total. The van der Waals surface area contributed by atoms with Crippen molar-refractivity contribution in [1.29, 1.82) is 0 Å². The SMILES string of the molecule is Cn1cnc(C(N)C2CSCCO2)c1. The first-order valence-electron chi connectivity index (χ1n) is 4.70. The first-order chi connectivity index (χ1) is 6.77. The number of aryl methyl sites for hydroxylation is 1. The highest BCUT2D eigenvalue weighted by Gasteiger charge is 2.24. The van der Waals surface area contributed by atoms with Crippen LogP contribution in [0.1, 0.15) is 11.7 Å². The molecule has 0 bridgehead atoms. The van der Waals surface area contributed by atoms with Crippen LogP contribution in [0, 0.1) is 0 Å². The molecule has 0 aliphatic carbocycles. The average molecular weight is 213 g/mol. The van der Waals surface area contributed by atoms with Gasteiger partial charge in [0.15, 0.2) is 0 Å². The number of imidazole rings is 1. The van der Waals surface area contributed by atoms with E-state index in [1.54, 1.807) is 6.33 Å². The van der Waals surface area contributed by atoms with Crippen LogP contribution in [0.4, 0.5) is 0 Å². The molecule has 0 radical (unpaired) electrons. The second kappa shape index (κ2) is 4.33. The zero-order chi connectivity index (χ0) is 9.97. The van der Waals surface area contributed by atoms with Crippen LogP contribution in [0.3, 0.4) is 0 Å². The van der Waals surface area contributed by atoms with Crippen molar-refractivity contribution < 1.29 is 4.74 Å². The molecule has 0 aromatic carbocycles. The maximum atomic E-state index is 6.07. The minimum atomic E-state index is -0.0935. The summed E-state index contributed by atoms with van der Waals surface area (Å²) < 4.78 is 7.52. The summed E-state index contributed by atoms with van der Waals surface area (Å²) in [5.41, 5.74) is 6.99. The van der Waals surface area contributed by atoms with E-state index in [4.69, 9.17) is 10.5 Å². The van der Waals surface area contributed by atoms with E-state index < -0.39 is 0 Å². The highest BCUT2D eigenvalue weighted by atomic mass is 32.2. The molecule has 78 valence electrons. The molecular formula is C9H15N3OS. The van der Waals surface area contributed by atoms with E-state index in [-0.39, 0.29) is 12.1 Å². The maximum Gasteiger partial charge on any atom is 0.0947 e. The Balaban J connectivity index is 2.03. The van der Waals surface area contributed by atoms with Crippen LogP contribution in [-0.2, 0) is 11.8 Å². The van der Waals surface area contributed by atoms with Gasteiger partial charge in [0.25, 0.3) is 0 Å². The number of hydrogen-bond acceptors (Lipinski definition) is 4. The first kappa shape index (κ1) is 10.0. The second-order valence-corrected chi connectivity index (χ2v) is 4.62. The molecule has 2 atom stereocenters. The summed E-state index contributed by atoms with van der Waals surface area (Å²) >= 11 is 1.89. The van der Waals surface area contributed by atoms with Crippen LogP contribution in [0.5, 0.6) is 0 Å². The summed E-state index contributed by atoms with van der Waals surface area (Å²) in [5, 5.41) is 0. The molecule has 0 saturated carbocycles. The number of aromatic nitrogens is 2. The van der Waals surface area contributed by atoms with E-state index in [1.807, 2.05) is 29.6 Å². The second-order valence-electron chi connectivity index (χ2n) is 3.47. The molecule has 2 rings (SSSR count). The molecule has 0 amide bonds. The number of nitrogens with two attached hydrogens (primary N) is 1. The van der Waals surface area contributed by atoms with Gasteiger partial charge in [-0.25, -0.2) is 4.98 Å². The molecule has 1 aliphatic rings. The number of rotatable bonds is 2. The van der Waals surface area contributed by atoms with Crippen molar-refractivity contribution in [1.82, 2.24) is 9.55 Å². The normalized spacial score (nSPS) is 24.9. The van der Waals surface area contributed by atoms with Crippen molar-refractivity contribution >= 4 is 11.8 Å². The Morgan fingerprint density at radius 2 is 2.64 bits per heavy atom. The topological polar surface area (TPSA) is 53.1 Å². The van der Waals surface area contributed by atoms with Crippen molar-refractivity contribution in [3.05, 3.63) is 18.2 Å². The van der Waals surface area contributed by atoms with E-state index in [0.29, 0.717) is 0 Å². The zero-order valence-electron chi connectivity index (χ0n) is 8.22. The average Bonchev–Trinajstić information content (AvgIpc) is 2.65. The summed E-state index contributed by atoms with van der Waals surface area (Å²) in [4.78, 5) is 4.24. The van der Waals surface area contributed by atoms with Gasteiger partial charge < -0.3 is 15.0 Å². The summed E-state index contributed by atoms with van der Waals surface area (Å²) in [7, 11) is 1.94. The van der Waals surface area contributed by atoms with Gasteiger partial charge in [0.2, 0.25) is 0 Å². The quantitative estimate of drug-likeness (QED) is 0.779. The third-order valence-corrected chi connectivity index (χ3v) is 3.33. The van der Waals surface area contributed by atoms with Crippen molar-refractivity contribution in [3.63, 3.8) is 0 Å². The van der Waals surface area contributed by atoms with Gasteiger partial charge in [0, 0.05) is 24.8 Å². The van der Waals surface area contributed by atoms with E-state index in [0.717, 1.165) is 23.8 Å². The molecule has 1 aromatic heterocycles. The largest absolute Gasteiger partial charge is 0.374 e. The third-order valence-electron chi connectivity index (χ3n) is 2.31. The van der Waals surface area contributed by atoms with Gasteiger partial charge in [-0.1, -0.05) is 0 Å². The zero-order valence-corrected chi connectivity index (χ0v) is 9.04. The fourth-order valence-electron chi connectivity index (χ4n) is 1.51. The monoisotopic (exact) mass is 213 g/mol. The predicted octanol–water partition coefficient (Wildman–Crippen LogP) is 0.552. The van der Waals surface area contributed by atoms with Crippen LogP contribution in [0.15, 0.2) is 12.5 Å². The lowest BCUT2D eigenvalue weighted by Gasteiger charge is -2.26. The van der Waals surface area contributed by atoms with E-state index in [9.17, 15) is 0 Å². The molecular weight excluding hydrogens is 198 g/mol. The maximum absolute atomic E-state index is 6.07. The lowest BCUT2D eigenvalue weighted by atomic mass is 10.1. The standard InChI is InChI=1S/C9H15N3OS/c1-12-4-7(11-6-12)9(10)8-5-14-3-2-13-8/h4,6,8-9H,2-3,5,10H2,1H3. The van der Waals surface area contributed by atoms with Crippen molar-refractivity contribution in [3.8, 4) is 0 Å². The number of thioether (sulfide) groups is 1. The molecule has 2 unspecified atom stereocenters. The molecule has 1 fully saturated rings. The summed E-state index contributed by atoms with van der Waals surface area (Å²) in [6, 6.07) is -0.0935. The fourth-order valence-corrected chi connectivity index (χ4v) is 2.43. The lowest BCUT2D eigenvalue weighted by Crippen LogP contribution is -2.34. The lowest BCUT2D eigenvalue weighted by molar-refractivity contribution is 0.0560. The number of ether oxygens (including phenoxy) is 1. The van der Waals surface area contributed by atoms with Crippen LogP contribution in [0.25, 0.3) is 0 Å². The van der Waals surface area contributed by atoms with Gasteiger partial charge in [-0.3, -0.25) is 0 Å². The molecule has 1 aromatic rings.